The molecule has 0 radical (unpaired) electrons. The number of ketones is 1. The normalized spacial score (nSPS) is 19.5. The molecular weight excluding hydrogens is 342 g/mol. The van der Waals surface area contributed by atoms with E-state index >= 15 is 0 Å². The molecule has 3 heterocycles. The molecule has 2 aliphatic rings. The van der Waals surface area contributed by atoms with Gasteiger partial charge in [-0.25, -0.2) is 0 Å². The van der Waals surface area contributed by atoms with Crippen molar-refractivity contribution in [2.75, 3.05) is 19.6 Å². The zero-order valence-corrected chi connectivity index (χ0v) is 15.2. The Morgan fingerprint density at radius 3 is 2.93 bits per heavy atom. The molecule has 6 heteroatoms. The van der Waals surface area contributed by atoms with E-state index in [9.17, 15) is 14.4 Å². The second-order valence-electron chi connectivity index (χ2n) is 7.33. The Bertz CT molecular complexity index is 944. The number of benzene rings is 1. The fourth-order valence-electron chi connectivity index (χ4n) is 4.17. The summed E-state index contributed by atoms with van der Waals surface area (Å²) in [4.78, 5) is 38.5. The minimum absolute atomic E-state index is 0.0633. The molecule has 0 bridgehead atoms. The number of hydrogen-bond acceptors (Lipinski definition) is 3. The van der Waals surface area contributed by atoms with E-state index in [2.05, 4.69) is 11.9 Å². The summed E-state index contributed by atoms with van der Waals surface area (Å²) >= 11 is 0. The summed E-state index contributed by atoms with van der Waals surface area (Å²) in [6.07, 6.45) is 3.64. The van der Waals surface area contributed by atoms with Crippen LogP contribution >= 0.6 is 0 Å². The Kier molecular flexibility index (Phi) is 4.56. The maximum Gasteiger partial charge on any atom is 0.268 e. The van der Waals surface area contributed by atoms with Crippen molar-refractivity contribution >= 4 is 28.5 Å². The van der Waals surface area contributed by atoms with Gasteiger partial charge in [0.25, 0.3) is 5.91 Å². The molecule has 0 saturated carbocycles. The van der Waals surface area contributed by atoms with Crippen molar-refractivity contribution in [3.63, 3.8) is 0 Å². The molecular formula is C21H23N3O3. The van der Waals surface area contributed by atoms with Gasteiger partial charge >= 0.3 is 0 Å². The van der Waals surface area contributed by atoms with E-state index in [1.807, 2.05) is 28.8 Å². The van der Waals surface area contributed by atoms with Gasteiger partial charge in [-0.15, -0.1) is 0 Å². The third-order valence-corrected chi connectivity index (χ3v) is 5.56. The summed E-state index contributed by atoms with van der Waals surface area (Å²) in [5.74, 6) is 0.134. The molecule has 1 N–H and O–H groups in total. The number of carbonyl (C=O) groups excluding carboxylic acids is 3. The Hall–Kier alpha value is -2.89. The maximum atomic E-state index is 12.8. The van der Waals surface area contributed by atoms with Gasteiger partial charge in [-0.1, -0.05) is 18.7 Å². The minimum Gasteiger partial charge on any atom is -0.349 e. The lowest BCUT2D eigenvalue weighted by atomic mass is 9.90. The zero-order chi connectivity index (χ0) is 19.0. The number of nitrogens with one attached hydrogen (secondary N) is 1. The van der Waals surface area contributed by atoms with Crippen LogP contribution in [0.25, 0.3) is 10.9 Å². The van der Waals surface area contributed by atoms with Crippen LogP contribution in [0.15, 0.2) is 36.9 Å². The molecule has 0 aliphatic carbocycles. The van der Waals surface area contributed by atoms with Crippen LogP contribution in [0, 0.1) is 5.92 Å². The van der Waals surface area contributed by atoms with E-state index in [0.29, 0.717) is 37.3 Å². The second-order valence-corrected chi connectivity index (χ2v) is 7.33. The Morgan fingerprint density at radius 1 is 1.26 bits per heavy atom. The van der Waals surface area contributed by atoms with Crippen LogP contribution in [0.1, 0.15) is 40.1 Å². The van der Waals surface area contributed by atoms with E-state index in [0.717, 1.165) is 30.3 Å². The standard InChI is InChI=1S/C21H23N3O3/c1-2-20(26)23-8-3-4-14(13-23)10-19(25)16-6-5-15-11-18-21(27)22-7-9-24(18)17(15)12-16/h2,5-6,11-12,14H,1,3-4,7-10,13H2,(H,22,27)/t14-/m1/s1. The zero-order valence-electron chi connectivity index (χ0n) is 15.2. The van der Waals surface area contributed by atoms with Crippen LogP contribution in [0.2, 0.25) is 0 Å². The number of Topliss-reactive ketones (excluding diaryl/α,β-unsaturated/α-hetero) is 1. The number of carbonyl (C=O) groups is 3. The number of rotatable bonds is 4. The Morgan fingerprint density at radius 2 is 2.11 bits per heavy atom. The van der Waals surface area contributed by atoms with Crippen molar-refractivity contribution in [3.8, 4) is 0 Å². The summed E-state index contributed by atoms with van der Waals surface area (Å²) < 4.78 is 1.98. The van der Waals surface area contributed by atoms with Crippen molar-refractivity contribution in [1.82, 2.24) is 14.8 Å². The first-order valence-corrected chi connectivity index (χ1v) is 9.43. The van der Waals surface area contributed by atoms with Crippen molar-refractivity contribution in [3.05, 3.63) is 48.2 Å². The molecule has 4 rings (SSSR count). The predicted octanol–water partition coefficient (Wildman–Crippen LogP) is 2.38. The summed E-state index contributed by atoms with van der Waals surface area (Å²) in [5.41, 5.74) is 2.24. The van der Waals surface area contributed by atoms with E-state index in [4.69, 9.17) is 0 Å². The molecule has 1 aromatic carbocycles. The highest BCUT2D eigenvalue weighted by Crippen LogP contribution is 2.26. The van der Waals surface area contributed by atoms with Gasteiger partial charge < -0.3 is 14.8 Å². The maximum absolute atomic E-state index is 12.8. The number of likely N-dealkylation sites (tertiary alicyclic amines) is 1. The first-order valence-electron chi connectivity index (χ1n) is 9.43. The average Bonchev–Trinajstić information content (AvgIpc) is 3.07. The molecule has 2 aromatic rings. The fraction of sp³-hybridized carbons (Fsp3) is 0.381. The number of fused-ring (bicyclic) bond motifs is 3. The number of amides is 2. The van der Waals surface area contributed by atoms with E-state index in [1.54, 1.807) is 4.90 Å². The fourth-order valence-corrected chi connectivity index (χ4v) is 4.17. The number of nitrogens with zero attached hydrogens (tertiary/aromatic N) is 2. The quantitative estimate of drug-likeness (QED) is 0.668. The Labute approximate surface area is 157 Å². The van der Waals surface area contributed by atoms with Crippen molar-refractivity contribution in [2.45, 2.75) is 25.8 Å². The van der Waals surface area contributed by atoms with Gasteiger partial charge in [0, 0.05) is 49.1 Å². The summed E-state index contributed by atoms with van der Waals surface area (Å²) in [6.45, 7) is 6.20. The van der Waals surface area contributed by atoms with Gasteiger partial charge in [0.15, 0.2) is 5.78 Å². The van der Waals surface area contributed by atoms with Gasteiger partial charge in [-0.2, -0.15) is 0 Å². The molecule has 140 valence electrons. The van der Waals surface area contributed by atoms with Gasteiger partial charge in [0.2, 0.25) is 5.91 Å². The monoisotopic (exact) mass is 365 g/mol. The first kappa shape index (κ1) is 17.5. The molecule has 0 spiro atoms. The lowest BCUT2D eigenvalue weighted by Gasteiger charge is -2.31. The van der Waals surface area contributed by atoms with Crippen LogP contribution in [-0.4, -0.2) is 46.7 Å². The Balaban J connectivity index is 1.53. The first-order chi connectivity index (χ1) is 13.1. The highest BCUT2D eigenvalue weighted by molar-refractivity contribution is 6.03. The van der Waals surface area contributed by atoms with Crippen molar-refractivity contribution in [1.29, 1.82) is 0 Å². The molecule has 6 nitrogen and oxygen atoms in total. The molecule has 2 amide bonds. The van der Waals surface area contributed by atoms with Crippen LogP contribution in [0.4, 0.5) is 0 Å². The third kappa shape index (κ3) is 3.27. The summed E-state index contributed by atoms with van der Waals surface area (Å²) in [5, 5.41) is 3.81. The molecule has 1 atom stereocenters. The van der Waals surface area contributed by atoms with Gasteiger partial charge in [-0.05, 0) is 37.0 Å². The van der Waals surface area contributed by atoms with E-state index < -0.39 is 0 Å². The number of piperidine rings is 1. The van der Waals surface area contributed by atoms with Crippen LogP contribution < -0.4 is 5.32 Å². The topological polar surface area (TPSA) is 71.4 Å². The molecule has 0 unspecified atom stereocenters. The lowest BCUT2D eigenvalue weighted by Crippen LogP contribution is -2.39. The lowest BCUT2D eigenvalue weighted by molar-refractivity contribution is -0.127. The molecule has 27 heavy (non-hydrogen) atoms. The minimum atomic E-state index is -0.0699. The average molecular weight is 365 g/mol. The van der Waals surface area contributed by atoms with Gasteiger partial charge in [0.1, 0.15) is 5.69 Å². The molecule has 1 saturated heterocycles. The largest absolute Gasteiger partial charge is 0.349 e. The van der Waals surface area contributed by atoms with E-state index in [-0.39, 0.29) is 23.5 Å². The number of aromatic nitrogens is 1. The van der Waals surface area contributed by atoms with Crippen LogP contribution in [0.5, 0.6) is 0 Å². The highest BCUT2D eigenvalue weighted by atomic mass is 16.2. The third-order valence-electron chi connectivity index (χ3n) is 5.56. The van der Waals surface area contributed by atoms with Crippen LogP contribution in [-0.2, 0) is 11.3 Å². The predicted molar refractivity (Wildman–Crippen MR) is 103 cm³/mol. The van der Waals surface area contributed by atoms with E-state index in [1.165, 1.54) is 6.08 Å². The number of hydrogen-bond donors (Lipinski definition) is 1. The van der Waals surface area contributed by atoms with Gasteiger partial charge in [-0.3, -0.25) is 14.4 Å². The molecule has 2 aliphatic heterocycles. The SMILES string of the molecule is C=CC(=O)N1CCC[C@H](CC(=O)c2ccc3cc4n(c3c2)CCNC4=O)C1. The summed E-state index contributed by atoms with van der Waals surface area (Å²) in [6, 6.07) is 7.52. The van der Waals surface area contributed by atoms with Crippen molar-refractivity contribution < 1.29 is 14.4 Å². The smallest absolute Gasteiger partial charge is 0.268 e. The molecule has 1 aromatic heterocycles. The summed E-state index contributed by atoms with van der Waals surface area (Å²) in [7, 11) is 0. The molecule has 1 fully saturated rings. The van der Waals surface area contributed by atoms with Gasteiger partial charge in [0.05, 0.1) is 0 Å². The second kappa shape index (κ2) is 7.02. The van der Waals surface area contributed by atoms with Crippen LogP contribution in [0.3, 0.4) is 0 Å². The van der Waals surface area contributed by atoms with Crippen molar-refractivity contribution in [2.24, 2.45) is 5.92 Å². The highest BCUT2D eigenvalue weighted by Gasteiger charge is 2.25.